The van der Waals surface area contributed by atoms with E-state index >= 15 is 0 Å². The number of benzene rings is 3. The van der Waals surface area contributed by atoms with Crippen molar-refractivity contribution in [3.05, 3.63) is 102 Å². The van der Waals surface area contributed by atoms with Crippen LogP contribution in [-0.2, 0) is 9.47 Å². The first kappa shape index (κ1) is 22.4. The van der Waals surface area contributed by atoms with Crippen molar-refractivity contribution in [1.82, 2.24) is 4.90 Å². The zero-order chi connectivity index (χ0) is 23.7. The van der Waals surface area contributed by atoms with E-state index in [1.54, 1.807) is 0 Å². The van der Waals surface area contributed by atoms with E-state index in [-0.39, 0.29) is 24.3 Å². The topological polar surface area (TPSA) is 51.1 Å². The number of fused-ring (bicyclic) bond motifs is 2. The molecule has 2 aliphatic rings. The first-order valence-electron chi connectivity index (χ1n) is 11.8. The Morgan fingerprint density at radius 3 is 2.03 bits per heavy atom. The maximum atomic E-state index is 12.7. The molecule has 2 saturated heterocycles. The average Bonchev–Trinajstić information content (AvgIpc) is 3.45. The lowest BCUT2D eigenvalue weighted by atomic mass is 10.0. The van der Waals surface area contributed by atoms with Crippen LogP contribution >= 0.6 is 0 Å². The Bertz CT molecular complexity index is 1130. The lowest BCUT2D eigenvalue weighted by molar-refractivity contribution is -0.0467. The Hall–Kier alpha value is -3.44. The smallest absolute Gasteiger partial charge is 0.410 e. The highest BCUT2D eigenvalue weighted by molar-refractivity contribution is 6.13. The quantitative estimate of drug-likeness (QED) is 0.434. The van der Waals surface area contributed by atoms with Gasteiger partial charge in [-0.1, -0.05) is 72.8 Å². The lowest BCUT2D eigenvalue weighted by Crippen LogP contribution is -2.45. The molecule has 0 N–H and O–H groups in total. The molecular weight excluding hydrogens is 424 g/mol. The van der Waals surface area contributed by atoms with Crippen LogP contribution in [0.2, 0.25) is 0 Å². The predicted octanol–water partition coefficient (Wildman–Crippen LogP) is 6.31. The van der Waals surface area contributed by atoms with Crippen LogP contribution in [0.1, 0.15) is 50.0 Å². The minimum absolute atomic E-state index is 0.00148. The minimum Gasteiger partial charge on any atom is -0.444 e. The number of nitrogens with zero attached hydrogens (tertiary/aromatic N) is 2. The number of ether oxygens (including phenoxy) is 2. The monoisotopic (exact) mass is 454 g/mol. The molecule has 0 aromatic heterocycles. The number of carbonyl (C=O) groups is 1. The summed E-state index contributed by atoms with van der Waals surface area (Å²) in [6.07, 6.45) is 0.496. The van der Waals surface area contributed by atoms with E-state index in [1.165, 1.54) is 0 Å². The molecule has 3 aromatic carbocycles. The van der Waals surface area contributed by atoms with Gasteiger partial charge >= 0.3 is 6.09 Å². The third-order valence-corrected chi connectivity index (χ3v) is 6.18. The molecule has 5 rings (SSSR count). The van der Waals surface area contributed by atoms with Crippen molar-refractivity contribution in [2.75, 3.05) is 6.54 Å². The largest absolute Gasteiger partial charge is 0.444 e. The Kier molecular flexibility index (Phi) is 5.96. The van der Waals surface area contributed by atoms with Gasteiger partial charge in [0.1, 0.15) is 11.7 Å². The first-order chi connectivity index (χ1) is 16.4. The number of hydrogen-bond donors (Lipinski definition) is 0. The fourth-order valence-corrected chi connectivity index (χ4v) is 4.70. The molecule has 0 spiro atoms. The molecular formula is C29H30N2O3. The van der Waals surface area contributed by atoms with Gasteiger partial charge in [-0.2, -0.15) is 0 Å². The highest BCUT2D eigenvalue weighted by Crippen LogP contribution is 2.43. The number of rotatable bonds is 4. The fraction of sp³-hybridized carbons (Fsp3) is 0.310. The van der Waals surface area contributed by atoms with Gasteiger partial charge < -0.3 is 9.47 Å². The fourth-order valence-electron chi connectivity index (χ4n) is 4.70. The van der Waals surface area contributed by atoms with Crippen LogP contribution in [0.4, 0.5) is 10.5 Å². The summed E-state index contributed by atoms with van der Waals surface area (Å²) in [5, 5.41) is 0. The molecule has 2 aliphatic heterocycles. The molecule has 0 saturated carbocycles. The Morgan fingerprint density at radius 2 is 1.50 bits per heavy atom. The van der Waals surface area contributed by atoms with E-state index in [4.69, 9.17) is 14.5 Å². The van der Waals surface area contributed by atoms with Gasteiger partial charge in [0.15, 0.2) is 0 Å². The Morgan fingerprint density at radius 1 is 0.912 bits per heavy atom. The molecule has 3 aromatic rings. The lowest BCUT2D eigenvalue weighted by Gasteiger charge is -2.34. The second-order valence-corrected chi connectivity index (χ2v) is 9.90. The van der Waals surface area contributed by atoms with Crippen LogP contribution in [0.15, 0.2) is 89.9 Å². The molecule has 174 valence electrons. The number of likely N-dealkylation sites (tertiary alicyclic amines) is 1. The number of morpholine rings is 1. The normalized spacial score (nSPS) is 21.4. The summed E-state index contributed by atoms with van der Waals surface area (Å²) in [4.78, 5) is 19.5. The van der Waals surface area contributed by atoms with E-state index in [0.717, 1.165) is 34.5 Å². The van der Waals surface area contributed by atoms with E-state index in [1.807, 2.05) is 74.2 Å². The Labute approximate surface area is 201 Å². The van der Waals surface area contributed by atoms with Crippen LogP contribution in [0, 0.1) is 0 Å². The van der Waals surface area contributed by atoms with Crippen molar-refractivity contribution in [2.45, 2.75) is 51.0 Å². The molecule has 34 heavy (non-hydrogen) atoms. The third-order valence-electron chi connectivity index (χ3n) is 6.18. The van der Waals surface area contributed by atoms with Crippen molar-refractivity contribution in [2.24, 2.45) is 4.99 Å². The highest BCUT2D eigenvalue weighted by Gasteiger charge is 2.49. The molecule has 2 fully saturated rings. The standard InChI is InChI=1S/C29H30N2O3/c1-29(2,3)34-28(32)31-19-24-18-25(31)27(33-24)22-14-16-23(17-15-22)30-26(20-10-6-4-7-11-20)21-12-8-5-9-13-21/h4-17,24-25,27H,18-19H2,1-3H3/t24-,25-,27+/m0/s1. The zero-order valence-electron chi connectivity index (χ0n) is 19.8. The molecule has 5 heteroatoms. The van der Waals surface area contributed by atoms with Gasteiger partial charge in [0.2, 0.25) is 0 Å². The van der Waals surface area contributed by atoms with Gasteiger partial charge in [-0.05, 0) is 44.9 Å². The van der Waals surface area contributed by atoms with Crippen molar-refractivity contribution < 1.29 is 14.3 Å². The number of carbonyl (C=O) groups excluding carboxylic acids is 1. The highest BCUT2D eigenvalue weighted by atomic mass is 16.6. The summed E-state index contributed by atoms with van der Waals surface area (Å²) in [7, 11) is 0. The van der Waals surface area contributed by atoms with Gasteiger partial charge in [-0.15, -0.1) is 0 Å². The van der Waals surface area contributed by atoms with Gasteiger partial charge in [0.25, 0.3) is 0 Å². The summed E-state index contributed by atoms with van der Waals surface area (Å²) < 4.78 is 11.9. The molecule has 1 amide bonds. The molecule has 2 bridgehead atoms. The van der Waals surface area contributed by atoms with Crippen molar-refractivity contribution in [3.63, 3.8) is 0 Å². The van der Waals surface area contributed by atoms with Gasteiger partial charge in [-0.3, -0.25) is 4.90 Å². The van der Waals surface area contributed by atoms with E-state index < -0.39 is 5.60 Å². The van der Waals surface area contributed by atoms with E-state index in [0.29, 0.717) is 6.54 Å². The molecule has 3 atom stereocenters. The number of amides is 1. The van der Waals surface area contributed by atoms with Crippen LogP contribution in [-0.4, -0.2) is 41.0 Å². The molecule has 0 unspecified atom stereocenters. The van der Waals surface area contributed by atoms with Crippen molar-refractivity contribution >= 4 is 17.5 Å². The molecule has 0 radical (unpaired) electrons. The van der Waals surface area contributed by atoms with Crippen LogP contribution in [0.3, 0.4) is 0 Å². The van der Waals surface area contributed by atoms with Crippen molar-refractivity contribution in [3.8, 4) is 0 Å². The maximum absolute atomic E-state index is 12.7. The summed E-state index contributed by atoms with van der Waals surface area (Å²) in [5.74, 6) is 0. The van der Waals surface area contributed by atoms with Gasteiger partial charge in [0, 0.05) is 11.1 Å². The summed E-state index contributed by atoms with van der Waals surface area (Å²) in [6, 6.07) is 28.6. The van der Waals surface area contributed by atoms with Crippen LogP contribution in [0.25, 0.3) is 0 Å². The van der Waals surface area contributed by atoms with Crippen LogP contribution < -0.4 is 0 Å². The average molecular weight is 455 g/mol. The van der Waals surface area contributed by atoms with E-state index in [2.05, 4.69) is 36.4 Å². The second-order valence-electron chi connectivity index (χ2n) is 9.90. The second kappa shape index (κ2) is 9.07. The predicted molar refractivity (Wildman–Crippen MR) is 134 cm³/mol. The van der Waals surface area contributed by atoms with Crippen molar-refractivity contribution in [1.29, 1.82) is 0 Å². The molecule has 2 heterocycles. The van der Waals surface area contributed by atoms with Crippen LogP contribution in [0.5, 0.6) is 0 Å². The van der Waals surface area contributed by atoms with Gasteiger partial charge in [0.05, 0.1) is 30.1 Å². The minimum atomic E-state index is -0.510. The van der Waals surface area contributed by atoms with E-state index in [9.17, 15) is 4.79 Å². The Balaban J connectivity index is 1.38. The number of hydrogen-bond acceptors (Lipinski definition) is 4. The zero-order valence-corrected chi connectivity index (χ0v) is 19.8. The SMILES string of the molecule is CC(C)(C)OC(=O)N1C[C@@H]2C[C@H]1[C@@H](c1ccc(N=C(c3ccccc3)c3ccccc3)cc1)O2. The maximum Gasteiger partial charge on any atom is 0.410 e. The molecule has 0 aliphatic carbocycles. The van der Waals surface area contributed by atoms with Gasteiger partial charge in [-0.25, -0.2) is 9.79 Å². The molecule has 5 nitrogen and oxygen atoms in total. The third kappa shape index (κ3) is 4.75. The summed E-state index contributed by atoms with van der Waals surface area (Å²) >= 11 is 0. The first-order valence-corrected chi connectivity index (χ1v) is 11.8. The summed E-state index contributed by atoms with van der Waals surface area (Å²) in [6.45, 7) is 6.28. The number of aliphatic imine (C=N–C) groups is 1. The summed E-state index contributed by atoms with van der Waals surface area (Å²) in [5.41, 5.74) is 4.49.